The lowest BCUT2D eigenvalue weighted by molar-refractivity contribution is -0.00349. The maximum absolute atomic E-state index is 11.2. The van der Waals surface area contributed by atoms with E-state index in [2.05, 4.69) is 43.8 Å². The first-order valence-corrected chi connectivity index (χ1v) is 10.2. The Kier molecular flexibility index (Phi) is 7.41. The van der Waals surface area contributed by atoms with E-state index in [9.17, 15) is 5.11 Å². The highest BCUT2D eigenvalue weighted by molar-refractivity contribution is 5.36. The minimum absolute atomic E-state index is 0.578. The number of nitrogens with zero attached hydrogens (tertiary/aromatic N) is 5. The van der Waals surface area contributed by atoms with Crippen molar-refractivity contribution in [3.63, 3.8) is 0 Å². The summed E-state index contributed by atoms with van der Waals surface area (Å²) in [4.78, 5) is 14.9. The summed E-state index contributed by atoms with van der Waals surface area (Å²) in [7, 11) is 6.13. The van der Waals surface area contributed by atoms with E-state index in [4.69, 9.17) is 4.74 Å². The number of aliphatic hydroxyl groups is 1. The number of aromatic nitrogens is 2. The average molecular weight is 400 g/mol. The van der Waals surface area contributed by atoms with Crippen LogP contribution in [0.15, 0.2) is 42.9 Å². The normalized spacial score (nSPS) is 19.7. The molecular weight excluding hydrogens is 366 g/mol. The lowest BCUT2D eigenvalue weighted by Crippen LogP contribution is -2.54. The molecule has 0 bridgehead atoms. The Balaban J connectivity index is 1.51. The Hall–Kier alpha value is -2.22. The van der Waals surface area contributed by atoms with E-state index in [0.29, 0.717) is 19.7 Å². The van der Waals surface area contributed by atoms with Crippen LogP contribution in [0.25, 0.3) is 0 Å². The Bertz CT molecular complexity index is 741. The summed E-state index contributed by atoms with van der Waals surface area (Å²) in [6.07, 6.45) is 6.87. The molecule has 0 amide bonds. The van der Waals surface area contributed by atoms with Crippen molar-refractivity contribution in [2.45, 2.75) is 25.0 Å². The molecule has 1 saturated heterocycles. The van der Waals surface area contributed by atoms with Gasteiger partial charge < -0.3 is 19.6 Å². The quantitative estimate of drug-likeness (QED) is 0.691. The van der Waals surface area contributed by atoms with Crippen LogP contribution in [0.4, 0.5) is 5.82 Å². The summed E-state index contributed by atoms with van der Waals surface area (Å²) in [5.41, 5.74) is 0.456. The van der Waals surface area contributed by atoms with Crippen LogP contribution in [0.3, 0.4) is 0 Å². The van der Waals surface area contributed by atoms with Gasteiger partial charge in [-0.1, -0.05) is 12.1 Å². The molecule has 7 heteroatoms. The van der Waals surface area contributed by atoms with Gasteiger partial charge in [0.05, 0.1) is 11.8 Å². The van der Waals surface area contributed by atoms with Crippen molar-refractivity contribution in [3.8, 4) is 5.75 Å². The smallest absolute Gasteiger partial charge is 0.147 e. The largest absolute Gasteiger partial charge is 0.492 e. The zero-order valence-corrected chi connectivity index (χ0v) is 17.8. The fraction of sp³-hybridized carbons (Fsp3) is 0.545. The summed E-state index contributed by atoms with van der Waals surface area (Å²) >= 11 is 0. The van der Waals surface area contributed by atoms with Crippen LogP contribution >= 0.6 is 0 Å². The minimum Gasteiger partial charge on any atom is -0.492 e. The van der Waals surface area contributed by atoms with Gasteiger partial charge in [0, 0.05) is 45.1 Å². The Morgan fingerprint density at radius 3 is 2.66 bits per heavy atom. The number of β-amino-alcohol motifs (C(OH)–C–C–N with tert-alkyl or cyclic N) is 1. The molecule has 0 aliphatic carbocycles. The molecule has 1 aliphatic rings. The third kappa shape index (κ3) is 6.66. The van der Waals surface area contributed by atoms with Crippen molar-refractivity contribution < 1.29 is 9.84 Å². The topological polar surface area (TPSA) is 65.0 Å². The van der Waals surface area contributed by atoms with Gasteiger partial charge in [0.15, 0.2) is 0 Å². The number of anilines is 1. The van der Waals surface area contributed by atoms with E-state index in [1.807, 2.05) is 26.2 Å². The second kappa shape index (κ2) is 10.0. The van der Waals surface area contributed by atoms with Crippen LogP contribution in [-0.2, 0) is 6.54 Å². The van der Waals surface area contributed by atoms with Crippen molar-refractivity contribution >= 4 is 5.82 Å². The third-order valence-electron chi connectivity index (χ3n) is 5.18. The number of ether oxygens (including phenoxy) is 1. The van der Waals surface area contributed by atoms with E-state index in [-0.39, 0.29) is 0 Å². The van der Waals surface area contributed by atoms with Crippen LogP contribution in [0.5, 0.6) is 5.75 Å². The molecule has 1 aliphatic heterocycles. The van der Waals surface area contributed by atoms with Gasteiger partial charge in [-0.3, -0.25) is 9.88 Å². The maximum atomic E-state index is 11.2. The fourth-order valence-electron chi connectivity index (χ4n) is 3.80. The van der Waals surface area contributed by atoms with E-state index < -0.39 is 5.60 Å². The highest BCUT2D eigenvalue weighted by atomic mass is 16.5. The van der Waals surface area contributed by atoms with Gasteiger partial charge in [-0.2, -0.15) is 0 Å². The van der Waals surface area contributed by atoms with Crippen molar-refractivity contribution in [2.24, 2.45) is 0 Å². The minimum atomic E-state index is -0.750. The molecule has 3 rings (SSSR count). The molecule has 1 aromatic heterocycles. The molecule has 29 heavy (non-hydrogen) atoms. The number of rotatable bonds is 9. The summed E-state index contributed by atoms with van der Waals surface area (Å²) in [5.74, 6) is 1.72. The van der Waals surface area contributed by atoms with Gasteiger partial charge in [-0.05, 0) is 51.7 Å². The molecule has 1 fully saturated rings. The Labute approximate surface area is 173 Å². The Morgan fingerprint density at radius 2 is 1.97 bits per heavy atom. The second-order valence-electron chi connectivity index (χ2n) is 8.28. The second-order valence-corrected chi connectivity index (χ2v) is 8.28. The maximum Gasteiger partial charge on any atom is 0.147 e. The number of likely N-dealkylation sites (N-methyl/N-ethyl adjacent to an activating group) is 2. The SMILES string of the molecule is CN(C)CCOc1ccc(CN(C)C[C@@]2(O)CCCN(c3cnccn3)C2)cc1. The average Bonchev–Trinajstić information content (AvgIpc) is 2.69. The first-order valence-electron chi connectivity index (χ1n) is 10.2. The molecule has 0 unspecified atom stereocenters. The number of benzene rings is 1. The van der Waals surface area contributed by atoms with Crippen LogP contribution in [0, 0.1) is 0 Å². The van der Waals surface area contributed by atoms with E-state index in [1.165, 1.54) is 5.56 Å². The van der Waals surface area contributed by atoms with Crippen molar-refractivity contribution in [2.75, 3.05) is 58.8 Å². The van der Waals surface area contributed by atoms with E-state index in [0.717, 1.165) is 44.0 Å². The molecule has 1 atom stereocenters. The molecule has 0 saturated carbocycles. The zero-order chi connectivity index (χ0) is 20.7. The number of piperidine rings is 1. The predicted molar refractivity (Wildman–Crippen MR) is 115 cm³/mol. The molecule has 2 heterocycles. The lowest BCUT2D eigenvalue weighted by Gasteiger charge is -2.41. The first kappa shape index (κ1) is 21.5. The van der Waals surface area contributed by atoms with Gasteiger partial charge in [0.1, 0.15) is 18.2 Å². The molecule has 158 valence electrons. The summed E-state index contributed by atoms with van der Waals surface area (Å²) in [6.45, 7) is 4.46. The van der Waals surface area contributed by atoms with Gasteiger partial charge in [0.25, 0.3) is 0 Å². The number of hydrogen-bond donors (Lipinski definition) is 1. The van der Waals surface area contributed by atoms with Gasteiger partial charge in [0.2, 0.25) is 0 Å². The molecule has 1 aromatic carbocycles. The molecule has 0 radical (unpaired) electrons. The van der Waals surface area contributed by atoms with E-state index in [1.54, 1.807) is 18.6 Å². The fourth-order valence-corrected chi connectivity index (χ4v) is 3.80. The predicted octanol–water partition coefficient (Wildman–Crippen LogP) is 1.88. The van der Waals surface area contributed by atoms with Crippen LogP contribution < -0.4 is 9.64 Å². The number of hydrogen-bond acceptors (Lipinski definition) is 7. The molecule has 1 N–H and O–H groups in total. The van der Waals surface area contributed by atoms with Gasteiger partial charge in [-0.25, -0.2) is 4.98 Å². The van der Waals surface area contributed by atoms with E-state index >= 15 is 0 Å². The summed E-state index contributed by atoms with van der Waals surface area (Å²) < 4.78 is 5.76. The standard InChI is InChI=1S/C22H33N5O2/c1-25(2)13-14-29-20-7-5-19(6-8-20)16-26(3)17-22(28)9-4-12-27(18-22)21-15-23-10-11-24-21/h5-8,10-11,15,28H,4,9,12-14,16-18H2,1-3H3/t22-/m0/s1. The van der Waals surface area contributed by atoms with Gasteiger partial charge in [-0.15, -0.1) is 0 Å². The van der Waals surface area contributed by atoms with Crippen LogP contribution in [0.1, 0.15) is 18.4 Å². The van der Waals surface area contributed by atoms with Crippen molar-refractivity contribution in [1.82, 2.24) is 19.8 Å². The van der Waals surface area contributed by atoms with Gasteiger partial charge >= 0.3 is 0 Å². The molecule has 7 nitrogen and oxygen atoms in total. The molecule has 2 aromatic rings. The summed E-state index contributed by atoms with van der Waals surface area (Å²) in [5, 5.41) is 11.2. The first-order chi connectivity index (χ1) is 13.9. The highest BCUT2D eigenvalue weighted by Crippen LogP contribution is 2.25. The summed E-state index contributed by atoms with van der Waals surface area (Å²) in [6, 6.07) is 8.23. The molecular formula is C22H33N5O2. The van der Waals surface area contributed by atoms with Crippen LogP contribution in [0.2, 0.25) is 0 Å². The monoisotopic (exact) mass is 399 g/mol. The van der Waals surface area contributed by atoms with Crippen LogP contribution in [-0.4, -0.2) is 84.4 Å². The Morgan fingerprint density at radius 1 is 1.17 bits per heavy atom. The third-order valence-corrected chi connectivity index (χ3v) is 5.18. The highest BCUT2D eigenvalue weighted by Gasteiger charge is 2.34. The zero-order valence-electron chi connectivity index (χ0n) is 17.8. The lowest BCUT2D eigenvalue weighted by atomic mass is 9.92. The van der Waals surface area contributed by atoms with Crippen molar-refractivity contribution in [3.05, 3.63) is 48.4 Å². The van der Waals surface area contributed by atoms with Crippen molar-refractivity contribution in [1.29, 1.82) is 0 Å². The molecule has 0 spiro atoms.